The molecular formula is C18H19ClN6O2. The van der Waals surface area contributed by atoms with Gasteiger partial charge in [0.25, 0.3) is 11.8 Å². The van der Waals surface area contributed by atoms with E-state index in [1.54, 1.807) is 24.3 Å². The van der Waals surface area contributed by atoms with Gasteiger partial charge in [-0.05, 0) is 31.0 Å². The Hall–Kier alpha value is -2.74. The molecule has 1 fully saturated rings. The van der Waals surface area contributed by atoms with Crippen LogP contribution in [-0.2, 0) is 6.42 Å². The van der Waals surface area contributed by atoms with E-state index in [2.05, 4.69) is 20.5 Å². The molecule has 4 rings (SSSR count). The topological polar surface area (TPSA) is 89.9 Å². The summed E-state index contributed by atoms with van der Waals surface area (Å²) in [4.78, 5) is 18.7. The van der Waals surface area contributed by atoms with Crippen molar-refractivity contribution in [2.75, 3.05) is 13.1 Å². The number of piperidine rings is 1. The number of aromatic nitrogens is 5. The van der Waals surface area contributed by atoms with Crippen LogP contribution in [0.5, 0.6) is 0 Å². The van der Waals surface area contributed by atoms with Gasteiger partial charge in [-0.1, -0.05) is 35.0 Å². The smallest absolute Gasteiger partial charge is 0.280 e. The van der Waals surface area contributed by atoms with Gasteiger partial charge < -0.3 is 9.42 Å². The third-order valence-corrected chi connectivity index (χ3v) is 4.95. The average molecular weight is 387 g/mol. The van der Waals surface area contributed by atoms with E-state index < -0.39 is 0 Å². The summed E-state index contributed by atoms with van der Waals surface area (Å²) in [5.74, 6) is 1.03. The van der Waals surface area contributed by atoms with Crippen molar-refractivity contribution in [3.05, 3.63) is 46.9 Å². The molecule has 140 valence electrons. The predicted molar refractivity (Wildman–Crippen MR) is 98.3 cm³/mol. The number of rotatable bonds is 4. The maximum atomic E-state index is 12.6. The molecule has 1 aliphatic rings. The largest absolute Gasteiger partial charge is 0.338 e. The Morgan fingerprint density at radius 3 is 2.85 bits per heavy atom. The first kappa shape index (κ1) is 17.7. The van der Waals surface area contributed by atoms with Gasteiger partial charge in [0.15, 0.2) is 11.5 Å². The van der Waals surface area contributed by atoms with E-state index in [9.17, 15) is 4.79 Å². The number of carbonyl (C=O) groups excluding carboxylic acids is 1. The number of carbonyl (C=O) groups is 1. The number of benzene rings is 1. The number of aryl methyl sites for hydroxylation is 1. The lowest BCUT2D eigenvalue weighted by Crippen LogP contribution is -2.39. The van der Waals surface area contributed by atoms with Crippen LogP contribution >= 0.6 is 11.6 Å². The summed E-state index contributed by atoms with van der Waals surface area (Å²) in [5.41, 5.74) is 1.19. The van der Waals surface area contributed by atoms with Gasteiger partial charge in [0.05, 0.1) is 12.2 Å². The van der Waals surface area contributed by atoms with Gasteiger partial charge in [0, 0.05) is 30.1 Å². The number of hydrogen-bond donors (Lipinski definition) is 0. The molecule has 0 saturated carbocycles. The summed E-state index contributed by atoms with van der Waals surface area (Å²) in [6.45, 7) is 3.28. The van der Waals surface area contributed by atoms with Gasteiger partial charge in [-0.25, -0.2) is 4.68 Å². The van der Waals surface area contributed by atoms with Crippen LogP contribution in [0.4, 0.5) is 0 Å². The zero-order valence-electron chi connectivity index (χ0n) is 14.9. The normalized spacial score (nSPS) is 15.3. The van der Waals surface area contributed by atoms with Gasteiger partial charge in [-0.3, -0.25) is 4.79 Å². The van der Waals surface area contributed by atoms with E-state index in [1.807, 2.05) is 22.7 Å². The van der Waals surface area contributed by atoms with Crippen LogP contribution in [0.25, 0.3) is 11.6 Å². The van der Waals surface area contributed by atoms with Gasteiger partial charge in [-0.2, -0.15) is 4.98 Å². The van der Waals surface area contributed by atoms with Crippen LogP contribution in [0.3, 0.4) is 0 Å². The monoisotopic (exact) mass is 386 g/mol. The Bertz CT molecular complexity index is 945. The van der Waals surface area contributed by atoms with Crippen molar-refractivity contribution in [1.29, 1.82) is 0 Å². The molecule has 0 unspecified atom stereocenters. The zero-order valence-corrected chi connectivity index (χ0v) is 15.6. The van der Waals surface area contributed by atoms with Crippen molar-refractivity contribution >= 4 is 17.5 Å². The van der Waals surface area contributed by atoms with Gasteiger partial charge in [0.2, 0.25) is 0 Å². The highest BCUT2D eigenvalue weighted by Crippen LogP contribution is 2.25. The third-order valence-electron chi connectivity index (χ3n) is 4.71. The summed E-state index contributed by atoms with van der Waals surface area (Å²) in [5, 5.41) is 12.8. The molecular weight excluding hydrogens is 368 g/mol. The molecule has 1 aliphatic heterocycles. The second-order valence-corrected chi connectivity index (χ2v) is 6.92. The first-order valence-electron chi connectivity index (χ1n) is 8.93. The van der Waals surface area contributed by atoms with E-state index in [1.165, 1.54) is 0 Å². The van der Waals surface area contributed by atoms with Crippen LogP contribution in [0.2, 0.25) is 5.02 Å². The van der Waals surface area contributed by atoms with Crippen molar-refractivity contribution in [3.63, 3.8) is 0 Å². The van der Waals surface area contributed by atoms with Crippen LogP contribution < -0.4 is 0 Å². The van der Waals surface area contributed by atoms with Crippen LogP contribution in [0.15, 0.2) is 35.0 Å². The molecule has 0 radical (unpaired) electrons. The van der Waals surface area contributed by atoms with Gasteiger partial charge >= 0.3 is 0 Å². The summed E-state index contributed by atoms with van der Waals surface area (Å²) in [6, 6.07) is 7.23. The molecule has 3 aromatic rings. The molecule has 1 amide bonds. The molecule has 8 nitrogen and oxygen atoms in total. The van der Waals surface area contributed by atoms with Gasteiger partial charge in [-0.15, -0.1) is 5.10 Å². The van der Waals surface area contributed by atoms with Crippen LogP contribution in [0, 0.1) is 0 Å². The Morgan fingerprint density at radius 2 is 2.15 bits per heavy atom. The van der Waals surface area contributed by atoms with E-state index in [-0.39, 0.29) is 11.9 Å². The summed E-state index contributed by atoms with van der Waals surface area (Å²) in [7, 11) is 0. The average Bonchev–Trinajstić information content (AvgIpc) is 3.37. The fourth-order valence-electron chi connectivity index (χ4n) is 3.19. The molecule has 9 heteroatoms. The number of hydrogen-bond acceptors (Lipinski definition) is 6. The van der Waals surface area contributed by atoms with Crippen molar-refractivity contribution in [1.82, 2.24) is 30.0 Å². The molecule has 1 aromatic carbocycles. The summed E-state index contributed by atoms with van der Waals surface area (Å²) < 4.78 is 7.03. The molecule has 0 spiro atoms. The molecule has 1 saturated heterocycles. The van der Waals surface area contributed by atoms with E-state index in [0.717, 1.165) is 12.8 Å². The highest BCUT2D eigenvalue weighted by atomic mass is 35.5. The molecule has 0 N–H and O–H groups in total. The van der Waals surface area contributed by atoms with Crippen LogP contribution in [-0.4, -0.2) is 49.0 Å². The molecule has 27 heavy (non-hydrogen) atoms. The fourth-order valence-corrected chi connectivity index (χ4v) is 3.38. The van der Waals surface area contributed by atoms with Gasteiger partial charge in [0.1, 0.15) is 0 Å². The maximum Gasteiger partial charge on any atom is 0.280 e. The Morgan fingerprint density at radius 1 is 1.33 bits per heavy atom. The number of likely N-dealkylation sites (tertiary alicyclic amines) is 1. The predicted octanol–water partition coefficient (Wildman–Crippen LogP) is 3.02. The lowest BCUT2D eigenvalue weighted by atomic mass is 10.0. The van der Waals surface area contributed by atoms with E-state index in [4.69, 9.17) is 16.1 Å². The highest BCUT2D eigenvalue weighted by Gasteiger charge is 2.26. The molecule has 3 heterocycles. The highest BCUT2D eigenvalue weighted by molar-refractivity contribution is 6.30. The van der Waals surface area contributed by atoms with Crippen molar-refractivity contribution in [2.45, 2.75) is 32.2 Å². The minimum Gasteiger partial charge on any atom is -0.338 e. The lowest BCUT2D eigenvalue weighted by molar-refractivity contribution is 0.0689. The minimum atomic E-state index is 0.00758. The second-order valence-electron chi connectivity index (χ2n) is 6.49. The lowest BCUT2D eigenvalue weighted by Gasteiger charge is -2.31. The first-order valence-corrected chi connectivity index (χ1v) is 9.31. The maximum absolute atomic E-state index is 12.6. The molecule has 0 bridgehead atoms. The van der Waals surface area contributed by atoms with Crippen molar-refractivity contribution in [2.24, 2.45) is 0 Å². The van der Waals surface area contributed by atoms with E-state index >= 15 is 0 Å². The Labute approximate surface area is 161 Å². The van der Waals surface area contributed by atoms with E-state index in [0.29, 0.717) is 47.5 Å². The summed E-state index contributed by atoms with van der Waals surface area (Å²) in [6.07, 6.45) is 4.14. The summed E-state index contributed by atoms with van der Waals surface area (Å²) >= 11 is 5.99. The molecule has 2 aromatic heterocycles. The standard InChI is InChI=1S/C18H19ClN6O2/c1-2-16-20-17(27-22-16)15-11-25(23-21-15)14-6-8-24(9-7-14)18(26)12-4-3-5-13(19)10-12/h3-5,10-11,14H,2,6-9H2,1H3. The van der Waals surface area contributed by atoms with Crippen molar-refractivity contribution in [3.8, 4) is 11.6 Å². The third kappa shape index (κ3) is 3.71. The molecule has 0 aliphatic carbocycles. The zero-order chi connectivity index (χ0) is 18.8. The fraction of sp³-hybridized carbons (Fsp3) is 0.389. The number of halogens is 1. The second kappa shape index (κ2) is 7.48. The minimum absolute atomic E-state index is 0.00758. The Kier molecular flexibility index (Phi) is 4.89. The first-order chi connectivity index (χ1) is 13.1. The molecule has 0 atom stereocenters. The SMILES string of the molecule is CCc1noc(-c2cn(C3CCN(C(=O)c4cccc(Cl)c4)CC3)nn2)n1. The number of nitrogens with zero attached hydrogens (tertiary/aromatic N) is 6. The number of amides is 1. The quantitative estimate of drug-likeness (QED) is 0.684. The Balaban J connectivity index is 1.40. The van der Waals surface area contributed by atoms with Crippen molar-refractivity contribution < 1.29 is 9.32 Å². The van der Waals surface area contributed by atoms with Crippen LogP contribution in [0.1, 0.15) is 42.0 Å².